The smallest absolute Gasteiger partial charge is 0.410 e. The Morgan fingerprint density at radius 2 is 2.06 bits per heavy atom. The molecular formula is C11H22ClFN2O2. The van der Waals surface area contributed by atoms with Gasteiger partial charge in [0, 0.05) is 19.6 Å². The van der Waals surface area contributed by atoms with Crippen LogP contribution in [0.2, 0.25) is 0 Å². The third kappa shape index (κ3) is 5.55. The summed E-state index contributed by atoms with van der Waals surface area (Å²) >= 11 is 0. The Balaban J connectivity index is 0.00000256. The molecule has 0 aromatic heterocycles. The third-order valence-electron chi connectivity index (χ3n) is 2.45. The van der Waals surface area contributed by atoms with Crippen LogP contribution in [0.1, 0.15) is 27.2 Å². The van der Waals surface area contributed by atoms with Crippen molar-refractivity contribution in [1.29, 1.82) is 0 Å². The Hall–Kier alpha value is -0.550. The van der Waals surface area contributed by atoms with Gasteiger partial charge < -0.3 is 15.4 Å². The highest BCUT2D eigenvalue weighted by atomic mass is 35.5. The molecule has 102 valence electrons. The van der Waals surface area contributed by atoms with Gasteiger partial charge in [0.1, 0.15) is 11.8 Å². The first kappa shape index (κ1) is 16.4. The second-order valence-corrected chi connectivity index (χ2v) is 5.32. The Morgan fingerprint density at radius 3 is 2.47 bits per heavy atom. The summed E-state index contributed by atoms with van der Waals surface area (Å²) in [6.45, 7) is 6.70. The van der Waals surface area contributed by atoms with Gasteiger partial charge in [-0.05, 0) is 33.1 Å². The summed E-state index contributed by atoms with van der Waals surface area (Å²) in [5, 5.41) is 0. The van der Waals surface area contributed by atoms with Crippen LogP contribution in [0, 0.1) is 5.92 Å². The molecule has 2 N–H and O–H groups in total. The number of nitrogens with two attached hydrogens (primary N) is 1. The van der Waals surface area contributed by atoms with E-state index in [9.17, 15) is 9.18 Å². The highest BCUT2D eigenvalue weighted by Crippen LogP contribution is 2.23. The molecule has 0 aromatic carbocycles. The van der Waals surface area contributed by atoms with E-state index >= 15 is 0 Å². The fourth-order valence-corrected chi connectivity index (χ4v) is 1.65. The predicted molar refractivity (Wildman–Crippen MR) is 67.1 cm³/mol. The summed E-state index contributed by atoms with van der Waals surface area (Å²) in [5.41, 5.74) is 4.73. The molecule has 1 unspecified atom stereocenters. The molecule has 1 saturated heterocycles. The molecule has 1 heterocycles. The van der Waals surface area contributed by atoms with Crippen LogP contribution in [0.15, 0.2) is 0 Å². The second kappa shape index (κ2) is 6.40. The molecule has 0 spiro atoms. The zero-order valence-corrected chi connectivity index (χ0v) is 11.4. The fourth-order valence-electron chi connectivity index (χ4n) is 1.65. The topological polar surface area (TPSA) is 55.6 Å². The van der Waals surface area contributed by atoms with E-state index in [1.807, 2.05) is 20.8 Å². The first-order chi connectivity index (χ1) is 7.31. The van der Waals surface area contributed by atoms with E-state index in [4.69, 9.17) is 10.5 Å². The number of hydrogen-bond donors (Lipinski definition) is 1. The van der Waals surface area contributed by atoms with Crippen molar-refractivity contribution in [2.45, 2.75) is 39.0 Å². The second-order valence-electron chi connectivity index (χ2n) is 5.32. The number of likely N-dealkylation sites (tertiary alicyclic amines) is 1. The Kier molecular flexibility index (Phi) is 6.19. The van der Waals surface area contributed by atoms with E-state index in [2.05, 4.69) is 0 Å². The normalized spacial score (nSPS) is 18.1. The van der Waals surface area contributed by atoms with Crippen molar-refractivity contribution in [3.63, 3.8) is 0 Å². The number of alkyl halides is 1. The molecule has 1 aliphatic heterocycles. The molecule has 4 nitrogen and oxygen atoms in total. The van der Waals surface area contributed by atoms with Crippen LogP contribution in [-0.4, -0.2) is 42.4 Å². The molecule has 0 aliphatic carbocycles. The molecule has 1 aliphatic rings. The van der Waals surface area contributed by atoms with Crippen molar-refractivity contribution < 1.29 is 13.9 Å². The minimum absolute atomic E-state index is 0. The van der Waals surface area contributed by atoms with Crippen molar-refractivity contribution in [3.8, 4) is 0 Å². The summed E-state index contributed by atoms with van der Waals surface area (Å²) in [5.74, 6) is 0.228. The first-order valence-corrected chi connectivity index (χ1v) is 5.64. The van der Waals surface area contributed by atoms with E-state index < -0.39 is 11.8 Å². The zero-order chi connectivity index (χ0) is 12.3. The summed E-state index contributed by atoms with van der Waals surface area (Å²) in [4.78, 5) is 13.1. The third-order valence-corrected chi connectivity index (χ3v) is 2.45. The number of rotatable bonds is 3. The van der Waals surface area contributed by atoms with Gasteiger partial charge in [-0.3, -0.25) is 0 Å². The minimum Gasteiger partial charge on any atom is -0.444 e. The van der Waals surface area contributed by atoms with Crippen molar-refractivity contribution in [2.24, 2.45) is 11.7 Å². The number of hydrogen-bond acceptors (Lipinski definition) is 3. The number of ether oxygens (including phenoxy) is 1. The lowest BCUT2D eigenvalue weighted by Gasteiger charge is -2.40. The lowest BCUT2D eigenvalue weighted by Crippen LogP contribution is -2.52. The number of halogens is 2. The Morgan fingerprint density at radius 1 is 1.53 bits per heavy atom. The van der Waals surface area contributed by atoms with Gasteiger partial charge in [0.15, 0.2) is 0 Å². The maximum Gasteiger partial charge on any atom is 0.410 e. The van der Waals surface area contributed by atoms with Gasteiger partial charge in [-0.1, -0.05) is 0 Å². The lowest BCUT2D eigenvalue weighted by molar-refractivity contribution is -0.00530. The lowest BCUT2D eigenvalue weighted by atomic mass is 9.94. The molecular weight excluding hydrogens is 247 g/mol. The van der Waals surface area contributed by atoms with Gasteiger partial charge in [0.2, 0.25) is 0 Å². The van der Waals surface area contributed by atoms with Gasteiger partial charge in [-0.2, -0.15) is 0 Å². The van der Waals surface area contributed by atoms with Crippen molar-refractivity contribution in [1.82, 2.24) is 4.90 Å². The van der Waals surface area contributed by atoms with Gasteiger partial charge in [0.25, 0.3) is 0 Å². The van der Waals surface area contributed by atoms with Crippen LogP contribution in [0.5, 0.6) is 0 Å². The molecule has 0 saturated carbocycles. The standard InChI is InChI=1S/C11H21FN2O2.ClH/c1-11(2,3)16-10(15)14-6-8(7-14)4-9(12)5-13;/h8-9H,4-7,13H2,1-3H3;1H. The van der Waals surface area contributed by atoms with Crippen LogP contribution in [0.3, 0.4) is 0 Å². The van der Waals surface area contributed by atoms with Crippen LogP contribution in [0.4, 0.5) is 9.18 Å². The predicted octanol–water partition coefficient (Wildman–Crippen LogP) is 1.96. The fraction of sp³-hybridized carbons (Fsp3) is 0.909. The van der Waals surface area contributed by atoms with Gasteiger partial charge >= 0.3 is 6.09 Å². The quantitative estimate of drug-likeness (QED) is 0.851. The van der Waals surface area contributed by atoms with Gasteiger partial charge in [-0.15, -0.1) is 12.4 Å². The molecule has 1 fully saturated rings. The molecule has 17 heavy (non-hydrogen) atoms. The average Bonchev–Trinajstić information content (AvgIpc) is 2.06. The van der Waals surface area contributed by atoms with E-state index in [-0.39, 0.29) is 31.0 Å². The van der Waals surface area contributed by atoms with Gasteiger partial charge in [0.05, 0.1) is 0 Å². The molecule has 0 bridgehead atoms. The van der Waals surface area contributed by atoms with Crippen LogP contribution >= 0.6 is 12.4 Å². The van der Waals surface area contributed by atoms with Crippen LogP contribution in [-0.2, 0) is 4.74 Å². The maximum absolute atomic E-state index is 12.9. The summed E-state index contributed by atoms with van der Waals surface area (Å²) in [6, 6.07) is 0. The molecule has 6 heteroatoms. The Labute approximate surface area is 108 Å². The van der Waals surface area contributed by atoms with Crippen molar-refractivity contribution >= 4 is 18.5 Å². The summed E-state index contributed by atoms with van der Waals surface area (Å²) in [7, 11) is 0. The van der Waals surface area contributed by atoms with Crippen LogP contribution < -0.4 is 5.73 Å². The summed E-state index contributed by atoms with van der Waals surface area (Å²) in [6.07, 6.45) is -0.826. The van der Waals surface area contributed by atoms with Gasteiger partial charge in [-0.25, -0.2) is 9.18 Å². The average molecular weight is 269 g/mol. The highest BCUT2D eigenvalue weighted by molar-refractivity contribution is 5.85. The molecule has 0 radical (unpaired) electrons. The van der Waals surface area contributed by atoms with E-state index in [1.54, 1.807) is 4.90 Å². The van der Waals surface area contributed by atoms with Crippen LogP contribution in [0.25, 0.3) is 0 Å². The van der Waals surface area contributed by atoms with E-state index in [0.717, 1.165) is 0 Å². The number of nitrogens with zero attached hydrogens (tertiary/aromatic N) is 1. The Bertz CT molecular complexity index is 252. The number of carbonyl (C=O) groups is 1. The molecule has 1 atom stereocenters. The van der Waals surface area contributed by atoms with E-state index in [0.29, 0.717) is 19.5 Å². The number of carbonyl (C=O) groups excluding carboxylic acids is 1. The monoisotopic (exact) mass is 268 g/mol. The maximum atomic E-state index is 12.9. The summed E-state index contributed by atoms with van der Waals surface area (Å²) < 4.78 is 18.1. The SMILES string of the molecule is CC(C)(C)OC(=O)N1CC(CC(F)CN)C1.Cl. The zero-order valence-electron chi connectivity index (χ0n) is 10.6. The minimum atomic E-state index is -0.953. The molecule has 1 amide bonds. The molecule has 0 aromatic rings. The van der Waals surface area contributed by atoms with Crippen molar-refractivity contribution in [3.05, 3.63) is 0 Å². The number of amides is 1. The largest absolute Gasteiger partial charge is 0.444 e. The molecule has 1 rings (SSSR count). The van der Waals surface area contributed by atoms with Crippen molar-refractivity contribution in [2.75, 3.05) is 19.6 Å². The van der Waals surface area contributed by atoms with E-state index in [1.165, 1.54) is 0 Å². The first-order valence-electron chi connectivity index (χ1n) is 5.64. The highest BCUT2D eigenvalue weighted by Gasteiger charge is 2.34.